The average Bonchev–Trinajstić information content (AvgIpc) is 2.26. The summed E-state index contributed by atoms with van der Waals surface area (Å²) in [4.78, 5) is 33.2. The van der Waals surface area contributed by atoms with Crippen LogP contribution in [0.25, 0.3) is 0 Å². The Bertz CT molecular complexity index is 514. The third-order valence-electron chi connectivity index (χ3n) is 2.52. The van der Waals surface area contributed by atoms with E-state index in [2.05, 4.69) is 10.6 Å². The Morgan fingerprint density at radius 1 is 1.15 bits per heavy atom. The van der Waals surface area contributed by atoms with Crippen molar-refractivity contribution in [2.75, 3.05) is 10.6 Å². The third kappa shape index (κ3) is 5.99. The molecule has 0 heterocycles. The van der Waals surface area contributed by atoms with E-state index in [9.17, 15) is 14.4 Å². The highest BCUT2D eigenvalue weighted by Crippen LogP contribution is 2.16. The molecule has 108 valence electrons. The van der Waals surface area contributed by atoms with Crippen LogP contribution in [-0.2, 0) is 14.4 Å². The van der Waals surface area contributed by atoms with Gasteiger partial charge in [-0.3, -0.25) is 14.4 Å². The van der Waals surface area contributed by atoms with Crippen LogP contribution >= 0.6 is 0 Å². The molecule has 1 aromatic rings. The topological polar surface area (TPSA) is 95.5 Å². The number of aliphatic carboxylic acids is 1. The zero-order valence-electron chi connectivity index (χ0n) is 11.5. The summed E-state index contributed by atoms with van der Waals surface area (Å²) in [6, 6.07) is 6.76. The summed E-state index contributed by atoms with van der Waals surface area (Å²) < 4.78 is 0. The fourth-order valence-corrected chi connectivity index (χ4v) is 1.78. The van der Waals surface area contributed by atoms with Gasteiger partial charge >= 0.3 is 5.97 Å². The first-order chi connectivity index (χ1) is 9.36. The maximum absolute atomic E-state index is 11.7. The fraction of sp³-hybridized carbons (Fsp3) is 0.357. The van der Waals surface area contributed by atoms with Crippen LogP contribution in [0.5, 0.6) is 0 Å². The van der Waals surface area contributed by atoms with Crippen molar-refractivity contribution in [2.24, 2.45) is 5.92 Å². The number of nitrogens with one attached hydrogen (secondary N) is 2. The predicted octanol–water partition coefficient (Wildman–Crippen LogP) is 2.08. The van der Waals surface area contributed by atoms with Gasteiger partial charge in [0.05, 0.1) is 0 Å². The molecular formula is C14H18N2O4. The number of benzene rings is 1. The van der Waals surface area contributed by atoms with Gasteiger partial charge in [0.2, 0.25) is 11.8 Å². The van der Waals surface area contributed by atoms with Gasteiger partial charge in [-0.25, -0.2) is 0 Å². The Balaban J connectivity index is 2.57. The van der Waals surface area contributed by atoms with Crippen molar-refractivity contribution in [3.63, 3.8) is 0 Å². The Morgan fingerprint density at radius 3 is 2.30 bits per heavy atom. The highest BCUT2D eigenvalue weighted by atomic mass is 16.4. The van der Waals surface area contributed by atoms with Gasteiger partial charge in [0.25, 0.3) is 0 Å². The molecule has 0 bridgehead atoms. The molecule has 2 amide bonds. The first-order valence-corrected chi connectivity index (χ1v) is 6.26. The molecule has 0 aliphatic heterocycles. The molecule has 0 aliphatic carbocycles. The van der Waals surface area contributed by atoms with Crippen LogP contribution in [0.15, 0.2) is 24.3 Å². The lowest BCUT2D eigenvalue weighted by molar-refractivity contribution is -0.138. The van der Waals surface area contributed by atoms with E-state index in [1.165, 1.54) is 6.92 Å². The summed E-state index contributed by atoms with van der Waals surface area (Å²) in [7, 11) is 0. The van der Waals surface area contributed by atoms with Crippen molar-refractivity contribution in [3.8, 4) is 0 Å². The second-order valence-corrected chi connectivity index (χ2v) is 4.72. The Labute approximate surface area is 117 Å². The van der Waals surface area contributed by atoms with Gasteiger partial charge in [-0.1, -0.05) is 13.0 Å². The molecule has 0 aromatic heterocycles. The normalized spacial score (nSPS) is 11.5. The quantitative estimate of drug-likeness (QED) is 0.742. The molecule has 3 N–H and O–H groups in total. The van der Waals surface area contributed by atoms with Crippen molar-refractivity contribution in [1.82, 2.24) is 0 Å². The smallest absolute Gasteiger partial charge is 0.303 e. The van der Waals surface area contributed by atoms with Crippen LogP contribution in [-0.4, -0.2) is 22.9 Å². The van der Waals surface area contributed by atoms with Gasteiger partial charge < -0.3 is 15.7 Å². The highest BCUT2D eigenvalue weighted by molar-refractivity contribution is 5.93. The Hall–Kier alpha value is -2.37. The third-order valence-corrected chi connectivity index (χ3v) is 2.52. The number of hydrogen-bond acceptors (Lipinski definition) is 3. The molecular weight excluding hydrogens is 260 g/mol. The van der Waals surface area contributed by atoms with Gasteiger partial charge in [-0.05, 0) is 24.1 Å². The van der Waals surface area contributed by atoms with Crippen molar-refractivity contribution < 1.29 is 19.5 Å². The van der Waals surface area contributed by atoms with Crippen molar-refractivity contribution in [1.29, 1.82) is 0 Å². The molecule has 0 aliphatic rings. The van der Waals surface area contributed by atoms with E-state index in [4.69, 9.17) is 5.11 Å². The number of rotatable bonds is 6. The van der Waals surface area contributed by atoms with Gasteiger partial charge in [-0.15, -0.1) is 0 Å². The molecule has 6 nitrogen and oxygen atoms in total. The number of carbonyl (C=O) groups is 3. The maximum Gasteiger partial charge on any atom is 0.303 e. The lowest BCUT2D eigenvalue weighted by atomic mass is 10.0. The number of carboxylic acids is 1. The minimum absolute atomic E-state index is 0.0423. The molecule has 0 spiro atoms. The van der Waals surface area contributed by atoms with Crippen LogP contribution in [0.3, 0.4) is 0 Å². The van der Waals surface area contributed by atoms with Crippen molar-refractivity contribution in [3.05, 3.63) is 24.3 Å². The van der Waals surface area contributed by atoms with Gasteiger partial charge in [-0.2, -0.15) is 0 Å². The van der Waals surface area contributed by atoms with Crippen LogP contribution < -0.4 is 10.6 Å². The van der Waals surface area contributed by atoms with Crippen molar-refractivity contribution in [2.45, 2.75) is 26.7 Å². The second kappa shape index (κ2) is 7.28. The van der Waals surface area contributed by atoms with Crippen LogP contribution in [0, 0.1) is 5.92 Å². The lowest BCUT2D eigenvalue weighted by Gasteiger charge is -2.10. The zero-order chi connectivity index (χ0) is 15.1. The van der Waals surface area contributed by atoms with Crippen molar-refractivity contribution >= 4 is 29.2 Å². The van der Waals surface area contributed by atoms with E-state index in [1.54, 1.807) is 31.2 Å². The van der Waals surface area contributed by atoms with Gasteiger partial charge in [0.15, 0.2) is 0 Å². The maximum atomic E-state index is 11.7. The molecule has 1 unspecified atom stereocenters. The Morgan fingerprint density at radius 2 is 1.75 bits per heavy atom. The summed E-state index contributed by atoms with van der Waals surface area (Å²) in [6.45, 7) is 3.11. The first kappa shape index (κ1) is 15.7. The van der Waals surface area contributed by atoms with E-state index in [1.807, 2.05) is 0 Å². The molecule has 6 heteroatoms. The monoisotopic (exact) mass is 278 g/mol. The van der Waals surface area contributed by atoms with E-state index in [-0.39, 0.29) is 30.6 Å². The summed E-state index contributed by atoms with van der Waals surface area (Å²) in [5.74, 6) is -1.59. The van der Waals surface area contributed by atoms with E-state index in [0.29, 0.717) is 11.4 Å². The lowest BCUT2D eigenvalue weighted by Crippen LogP contribution is -2.17. The molecule has 1 atom stereocenters. The fourth-order valence-electron chi connectivity index (χ4n) is 1.78. The Kier molecular flexibility index (Phi) is 5.71. The predicted molar refractivity (Wildman–Crippen MR) is 75.4 cm³/mol. The minimum Gasteiger partial charge on any atom is -0.481 e. The number of hydrogen-bond donors (Lipinski definition) is 3. The van der Waals surface area contributed by atoms with Gasteiger partial charge in [0.1, 0.15) is 0 Å². The molecule has 1 rings (SSSR count). The SMILES string of the molecule is CC(=O)Nc1cccc(NC(=O)CC(C)CC(=O)O)c1. The minimum atomic E-state index is -0.919. The van der Waals surface area contributed by atoms with Crippen LogP contribution in [0.2, 0.25) is 0 Å². The summed E-state index contributed by atoms with van der Waals surface area (Å²) in [5.41, 5.74) is 1.15. The van der Waals surface area contributed by atoms with E-state index >= 15 is 0 Å². The summed E-state index contributed by atoms with van der Waals surface area (Å²) in [5, 5.41) is 13.9. The van der Waals surface area contributed by atoms with E-state index < -0.39 is 5.97 Å². The number of amides is 2. The largest absolute Gasteiger partial charge is 0.481 e. The standard InChI is InChI=1S/C14H18N2O4/c1-9(7-14(19)20)6-13(18)16-12-5-3-4-11(8-12)15-10(2)17/h3-5,8-9H,6-7H2,1-2H3,(H,15,17)(H,16,18)(H,19,20). The van der Waals surface area contributed by atoms with E-state index in [0.717, 1.165) is 0 Å². The highest BCUT2D eigenvalue weighted by Gasteiger charge is 2.12. The summed E-state index contributed by atoms with van der Waals surface area (Å²) in [6.07, 6.45) is 0.0933. The molecule has 0 radical (unpaired) electrons. The number of carboxylic acid groups (broad SMARTS) is 1. The molecule has 20 heavy (non-hydrogen) atoms. The second-order valence-electron chi connectivity index (χ2n) is 4.72. The van der Waals surface area contributed by atoms with Crippen LogP contribution in [0.1, 0.15) is 26.7 Å². The first-order valence-electron chi connectivity index (χ1n) is 6.26. The summed E-state index contributed by atoms with van der Waals surface area (Å²) >= 11 is 0. The van der Waals surface area contributed by atoms with Gasteiger partial charge in [0, 0.05) is 31.1 Å². The number of anilines is 2. The number of carbonyl (C=O) groups excluding carboxylic acids is 2. The average molecular weight is 278 g/mol. The molecule has 0 fully saturated rings. The van der Waals surface area contributed by atoms with Crippen LogP contribution in [0.4, 0.5) is 11.4 Å². The molecule has 1 aromatic carbocycles. The molecule has 0 saturated carbocycles. The zero-order valence-corrected chi connectivity index (χ0v) is 11.5. The molecule has 0 saturated heterocycles.